The summed E-state index contributed by atoms with van der Waals surface area (Å²) in [4.78, 5) is 59.6. The molecule has 4 rings (SSSR count). The second-order valence-electron chi connectivity index (χ2n) is 13.5. The Balaban J connectivity index is 1.26. The fraction of sp³-hybridized carbons (Fsp3) is 0.656. The molecule has 0 spiro atoms. The van der Waals surface area contributed by atoms with Gasteiger partial charge in [-0.15, -0.1) is 0 Å². The summed E-state index contributed by atoms with van der Waals surface area (Å²) < 4.78 is 45.5. The van der Waals surface area contributed by atoms with Crippen molar-refractivity contribution in [2.75, 3.05) is 26.9 Å². The van der Waals surface area contributed by atoms with Crippen molar-refractivity contribution < 1.29 is 37.4 Å². The number of amides is 2. The molecule has 0 radical (unpaired) electrons. The molecule has 5 unspecified atom stereocenters. The van der Waals surface area contributed by atoms with E-state index in [4.69, 9.17) is 14.2 Å². The second-order valence-corrected chi connectivity index (χ2v) is 13.5. The standard InChI is InChI=1S/C32H44F2N4O7/c1-17(2)25(39)24-18(3)10-12-38(24)29(41)27(31(4,5)6)37-30(42)45-23-14-19(23)11-13-44-16-32(33,34)26-28(40)36-22-15-20(43-7)8-9-21(22)35-26/h8-9,15,17-19,23-24,27H,10-14,16H2,1-7H3,(H,36,40)(H,37,42). The number of rotatable bonds is 12. The Kier molecular flexibility index (Phi) is 10.2. The topological polar surface area (TPSA) is 140 Å². The van der Waals surface area contributed by atoms with E-state index < -0.39 is 53.5 Å². The largest absolute Gasteiger partial charge is 0.497 e. The van der Waals surface area contributed by atoms with Crippen LogP contribution in [0.5, 0.6) is 5.75 Å². The van der Waals surface area contributed by atoms with Crippen LogP contribution < -0.4 is 15.6 Å². The molecule has 248 valence electrons. The third-order valence-electron chi connectivity index (χ3n) is 8.50. The molecule has 1 saturated heterocycles. The van der Waals surface area contributed by atoms with Crippen LogP contribution in [0.2, 0.25) is 0 Å². The monoisotopic (exact) mass is 634 g/mol. The molecule has 1 aromatic heterocycles. The number of alkyl carbamates (subject to hydrolysis) is 1. The summed E-state index contributed by atoms with van der Waals surface area (Å²) in [5, 5.41) is 2.72. The molecule has 5 atom stereocenters. The fourth-order valence-electron chi connectivity index (χ4n) is 5.69. The number of H-pyrrole nitrogens is 1. The summed E-state index contributed by atoms with van der Waals surface area (Å²) >= 11 is 0. The summed E-state index contributed by atoms with van der Waals surface area (Å²) in [7, 11) is 1.45. The number of alkyl halides is 2. The minimum absolute atomic E-state index is 0.00533. The number of fused-ring (bicyclic) bond motifs is 1. The van der Waals surface area contributed by atoms with Gasteiger partial charge in [-0.1, -0.05) is 41.5 Å². The average molecular weight is 635 g/mol. The number of likely N-dealkylation sites (tertiary alicyclic amines) is 1. The molecule has 0 bridgehead atoms. The first-order valence-corrected chi connectivity index (χ1v) is 15.4. The first-order valence-electron chi connectivity index (χ1n) is 15.4. The zero-order valence-electron chi connectivity index (χ0n) is 26.9. The maximum atomic E-state index is 14.8. The maximum absolute atomic E-state index is 14.8. The molecular weight excluding hydrogens is 590 g/mol. The SMILES string of the molecule is COc1ccc2nc(C(F)(F)COCCC3CC3OC(=O)NC(C(=O)N3CCC(C)C3C(=O)C(C)C)C(C)(C)C)c(=O)[nH]c2c1. The maximum Gasteiger partial charge on any atom is 0.408 e. The second kappa shape index (κ2) is 13.4. The molecule has 11 nitrogen and oxygen atoms in total. The molecule has 1 aliphatic carbocycles. The highest BCUT2D eigenvalue weighted by molar-refractivity contribution is 5.94. The molecule has 13 heteroatoms. The molecule has 2 fully saturated rings. The van der Waals surface area contributed by atoms with Gasteiger partial charge in [0.05, 0.1) is 24.2 Å². The third kappa shape index (κ3) is 7.98. The number of halogens is 2. The van der Waals surface area contributed by atoms with Gasteiger partial charge in [0.2, 0.25) is 5.91 Å². The van der Waals surface area contributed by atoms with Gasteiger partial charge in [-0.05, 0) is 42.7 Å². The minimum Gasteiger partial charge on any atom is -0.497 e. The fourth-order valence-corrected chi connectivity index (χ4v) is 5.69. The molecule has 2 N–H and O–H groups in total. The lowest BCUT2D eigenvalue weighted by Gasteiger charge is -2.36. The van der Waals surface area contributed by atoms with Crippen LogP contribution in [0.15, 0.2) is 23.0 Å². The summed E-state index contributed by atoms with van der Waals surface area (Å²) in [6.07, 6.45) is 0.418. The van der Waals surface area contributed by atoms with Crippen LogP contribution >= 0.6 is 0 Å². The predicted octanol–water partition coefficient (Wildman–Crippen LogP) is 4.42. The van der Waals surface area contributed by atoms with E-state index in [2.05, 4.69) is 15.3 Å². The lowest BCUT2D eigenvalue weighted by Crippen LogP contribution is -2.57. The van der Waals surface area contributed by atoms with Crippen molar-refractivity contribution in [2.45, 2.75) is 84.9 Å². The number of ether oxygens (including phenoxy) is 3. The first kappa shape index (κ1) is 34.3. The molecule has 2 amide bonds. The average Bonchev–Trinajstić information content (AvgIpc) is 3.58. The van der Waals surface area contributed by atoms with Gasteiger partial charge in [0, 0.05) is 31.1 Å². The van der Waals surface area contributed by atoms with E-state index in [1.807, 2.05) is 41.5 Å². The van der Waals surface area contributed by atoms with Gasteiger partial charge in [0.1, 0.15) is 24.5 Å². The normalized spacial score (nSPS) is 22.4. The number of carbonyl (C=O) groups is 3. The highest BCUT2D eigenvalue weighted by Crippen LogP contribution is 2.37. The van der Waals surface area contributed by atoms with Crippen LogP contribution in [0.25, 0.3) is 11.0 Å². The Morgan fingerprint density at radius 3 is 2.56 bits per heavy atom. The Morgan fingerprint density at radius 1 is 1.20 bits per heavy atom. The number of nitrogens with zero attached hydrogens (tertiary/aromatic N) is 2. The molecule has 1 saturated carbocycles. The lowest BCUT2D eigenvalue weighted by molar-refractivity contribution is -0.143. The number of benzene rings is 1. The van der Waals surface area contributed by atoms with Gasteiger partial charge in [-0.2, -0.15) is 8.78 Å². The molecule has 2 heterocycles. The lowest BCUT2D eigenvalue weighted by atomic mass is 9.85. The van der Waals surface area contributed by atoms with Crippen LogP contribution in [-0.2, 0) is 25.0 Å². The number of aromatic amines is 1. The highest BCUT2D eigenvalue weighted by Gasteiger charge is 2.46. The number of carbonyl (C=O) groups excluding carboxylic acids is 3. The van der Waals surface area contributed by atoms with Crippen LogP contribution in [0, 0.1) is 23.2 Å². The van der Waals surface area contributed by atoms with Crippen LogP contribution in [0.1, 0.15) is 66.5 Å². The number of hydrogen-bond acceptors (Lipinski definition) is 8. The van der Waals surface area contributed by atoms with Crippen molar-refractivity contribution in [3.63, 3.8) is 0 Å². The van der Waals surface area contributed by atoms with Crippen LogP contribution in [0.4, 0.5) is 13.6 Å². The number of Topliss-reactive ketones (excluding diaryl/α,β-unsaturated/α-hetero) is 1. The summed E-state index contributed by atoms with van der Waals surface area (Å²) in [5.41, 5.74) is -2.13. The summed E-state index contributed by atoms with van der Waals surface area (Å²) in [6, 6.07) is 3.09. The van der Waals surface area contributed by atoms with Crippen molar-refractivity contribution in [2.24, 2.45) is 23.2 Å². The van der Waals surface area contributed by atoms with E-state index in [-0.39, 0.29) is 47.1 Å². The summed E-state index contributed by atoms with van der Waals surface area (Å²) in [5.74, 6) is -3.76. The first-order chi connectivity index (χ1) is 21.0. The molecule has 1 aliphatic heterocycles. The quantitative estimate of drug-likeness (QED) is 0.327. The van der Waals surface area contributed by atoms with Crippen molar-refractivity contribution in [1.29, 1.82) is 0 Å². The number of nitrogens with one attached hydrogen (secondary N) is 2. The molecule has 45 heavy (non-hydrogen) atoms. The Bertz CT molecular complexity index is 1470. The van der Waals surface area contributed by atoms with Gasteiger partial charge in [0.25, 0.3) is 5.56 Å². The van der Waals surface area contributed by atoms with Gasteiger partial charge >= 0.3 is 12.0 Å². The van der Waals surface area contributed by atoms with Crippen molar-refractivity contribution >= 4 is 28.8 Å². The number of methoxy groups -OCH3 is 1. The highest BCUT2D eigenvalue weighted by atomic mass is 19.3. The molecule has 2 aromatic rings. The van der Waals surface area contributed by atoms with Gasteiger partial charge < -0.3 is 29.4 Å². The van der Waals surface area contributed by atoms with E-state index in [1.54, 1.807) is 11.0 Å². The van der Waals surface area contributed by atoms with Gasteiger partial charge in [-0.25, -0.2) is 9.78 Å². The molecular formula is C32H44F2N4O7. The van der Waals surface area contributed by atoms with E-state index >= 15 is 0 Å². The zero-order chi connectivity index (χ0) is 33.3. The van der Waals surface area contributed by atoms with Gasteiger partial charge in [-0.3, -0.25) is 14.4 Å². The van der Waals surface area contributed by atoms with Crippen LogP contribution in [0.3, 0.4) is 0 Å². The number of aromatic nitrogens is 2. The Morgan fingerprint density at radius 2 is 1.91 bits per heavy atom. The molecule has 2 aliphatic rings. The van der Waals surface area contributed by atoms with Gasteiger partial charge in [0.15, 0.2) is 11.5 Å². The third-order valence-corrected chi connectivity index (χ3v) is 8.50. The van der Waals surface area contributed by atoms with Crippen molar-refractivity contribution in [1.82, 2.24) is 20.2 Å². The number of ketones is 1. The van der Waals surface area contributed by atoms with E-state index in [1.165, 1.54) is 19.2 Å². The van der Waals surface area contributed by atoms with E-state index in [0.29, 0.717) is 31.6 Å². The molecule has 1 aromatic carbocycles. The number of hydrogen-bond donors (Lipinski definition) is 2. The minimum atomic E-state index is -3.62. The van der Waals surface area contributed by atoms with E-state index in [9.17, 15) is 28.0 Å². The summed E-state index contributed by atoms with van der Waals surface area (Å²) in [6.45, 7) is 10.5. The van der Waals surface area contributed by atoms with Crippen molar-refractivity contribution in [3.8, 4) is 5.75 Å². The van der Waals surface area contributed by atoms with Crippen LogP contribution in [-0.4, -0.2) is 77.7 Å². The van der Waals surface area contributed by atoms with Crippen molar-refractivity contribution in [3.05, 3.63) is 34.2 Å². The Hall–Kier alpha value is -3.61. The zero-order valence-corrected chi connectivity index (χ0v) is 26.9. The van der Waals surface area contributed by atoms with E-state index in [0.717, 1.165) is 0 Å². The Labute approximate surface area is 261 Å². The predicted molar refractivity (Wildman–Crippen MR) is 162 cm³/mol. The smallest absolute Gasteiger partial charge is 0.408 e.